The van der Waals surface area contributed by atoms with Gasteiger partial charge in [-0.1, -0.05) is 19.3 Å². The van der Waals surface area contributed by atoms with Crippen molar-refractivity contribution >= 4 is 11.9 Å². The largest absolute Gasteiger partial charge is 0.378 e. The Morgan fingerprint density at radius 1 is 0.875 bits per heavy atom. The first-order valence-corrected chi connectivity index (χ1v) is 9.63. The minimum atomic E-state index is 0.0971. The quantitative estimate of drug-likeness (QED) is 0.857. The molecule has 3 aliphatic rings. The number of hydrogen-bond donors (Lipinski definition) is 1. The van der Waals surface area contributed by atoms with Gasteiger partial charge in [0.15, 0.2) is 0 Å². The highest BCUT2D eigenvalue weighted by molar-refractivity contribution is 5.77. The smallest absolute Gasteiger partial charge is 0.317 e. The van der Waals surface area contributed by atoms with Crippen LogP contribution in [-0.2, 0) is 9.53 Å². The minimum Gasteiger partial charge on any atom is -0.378 e. The Kier molecular flexibility index (Phi) is 6.35. The van der Waals surface area contributed by atoms with E-state index in [0.29, 0.717) is 31.6 Å². The standard InChI is InChI=1S/C18H31N3O3/c22-17(20-10-12-24-13-11-20)14-15-6-8-21(9-7-15)18(23)19-16-4-2-1-3-5-16/h15-16H,1-14H2,(H,19,23). The third-order valence-corrected chi connectivity index (χ3v) is 5.66. The van der Waals surface area contributed by atoms with Crippen LogP contribution < -0.4 is 5.32 Å². The van der Waals surface area contributed by atoms with E-state index >= 15 is 0 Å². The van der Waals surface area contributed by atoms with Gasteiger partial charge in [0.05, 0.1) is 13.2 Å². The molecule has 2 aliphatic heterocycles. The second-order valence-electron chi connectivity index (χ2n) is 7.41. The van der Waals surface area contributed by atoms with Gasteiger partial charge in [0, 0.05) is 38.6 Å². The summed E-state index contributed by atoms with van der Waals surface area (Å²) in [6.07, 6.45) is 8.51. The second kappa shape index (κ2) is 8.70. The van der Waals surface area contributed by atoms with Crippen LogP contribution in [0.2, 0.25) is 0 Å². The summed E-state index contributed by atoms with van der Waals surface area (Å²) in [4.78, 5) is 28.5. The number of carbonyl (C=O) groups is 2. The molecule has 0 aromatic carbocycles. The van der Waals surface area contributed by atoms with Crippen LogP contribution in [0.3, 0.4) is 0 Å². The Labute approximate surface area is 144 Å². The second-order valence-corrected chi connectivity index (χ2v) is 7.41. The number of ether oxygens (including phenoxy) is 1. The van der Waals surface area contributed by atoms with E-state index in [1.807, 2.05) is 9.80 Å². The lowest BCUT2D eigenvalue weighted by molar-refractivity contribution is -0.136. The molecule has 0 aromatic heterocycles. The van der Waals surface area contributed by atoms with Crippen LogP contribution in [0.15, 0.2) is 0 Å². The van der Waals surface area contributed by atoms with Crippen LogP contribution in [0.1, 0.15) is 51.4 Å². The van der Waals surface area contributed by atoms with Crippen LogP contribution in [-0.4, -0.2) is 67.2 Å². The average Bonchev–Trinajstić information content (AvgIpc) is 2.64. The number of morpholine rings is 1. The molecular formula is C18H31N3O3. The highest BCUT2D eigenvalue weighted by Crippen LogP contribution is 2.23. The van der Waals surface area contributed by atoms with Crippen molar-refractivity contribution in [3.05, 3.63) is 0 Å². The molecule has 6 nitrogen and oxygen atoms in total. The number of urea groups is 1. The van der Waals surface area contributed by atoms with E-state index in [1.165, 1.54) is 19.3 Å². The van der Waals surface area contributed by atoms with Crippen molar-refractivity contribution in [2.45, 2.75) is 57.4 Å². The van der Waals surface area contributed by atoms with Crippen molar-refractivity contribution in [1.82, 2.24) is 15.1 Å². The minimum absolute atomic E-state index is 0.0971. The van der Waals surface area contributed by atoms with Gasteiger partial charge in [0.1, 0.15) is 0 Å². The predicted molar refractivity (Wildman–Crippen MR) is 91.7 cm³/mol. The SMILES string of the molecule is O=C(CC1CCN(C(=O)NC2CCCCC2)CC1)N1CCOCC1. The Morgan fingerprint density at radius 3 is 2.21 bits per heavy atom. The molecule has 3 fully saturated rings. The summed E-state index contributed by atoms with van der Waals surface area (Å²) in [6, 6.07) is 0.465. The van der Waals surface area contributed by atoms with E-state index in [2.05, 4.69) is 5.32 Å². The third-order valence-electron chi connectivity index (χ3n) is 5.66. The lowest BCUT2D eigenvalue weighted by atomic mass is 9.93. The summed E-state index contributed by atoms with van der Waals surface area (Å²) in [6.45, 7) is 4.32. The van der Waals surface area contributed by atoms with Crippen LogP contribution in [0, 0.1) is 5.92 Å². The van der Waals surface area contributed by atoms with Crippen LogP contribution >= 0.6 is 0 Å². The van der Waals surface area contributed by atoms with E-state index in [1.54, 1.807) is 0 Å². The molecule has 0 aromatic rings. The maximum Gasteiger partial charge on any atom is 0.317 e. The first-order chi connectivity index (χ1) is 11.7. The highest BCUT2D eigenvalue weighted by Gasteiger charge is 2.27. The average molecular weight is 337 g/mol. The van der Waals surface area contributed by atoms with Crippen LogP contribution in [0.25, 0.3) is 0 Å². The molecule has 0 spiro atoms. The monoisotopic (exact) mass is 337 g/mol. The van der Waals surface area contributed by atoms with Crippen molar-refractivity contribution in [3.8, 4) is 0 Å². The first kappa shape index (κ1) is 17.5. The van der Waals surface area contributed by atoms with Gasteiger partial charge in [0.2, 0.25) is 5.91 Å². The molecule has 0 bridgehead atoms. The van der Waals surface area contributed by atoms with Gasteiger partial charge in [0.25, 0.3) is 0 Å². The molecule has 0 radical (unpaired) electrons. The maximum absolute atomic E-state index is 12.4. The van der Waals surface area contributed by atoms with Crippen molar-refractivity contribution in [2.75, 3.05) is 39.4 Å². The summed E-state index contributed by atoms with van der Waals surface area (Å²) in [7, 11) is 0. The third kappa shape index (κ3) is 4.85. The van der Waals surface area contributed by atoms with Crippen molar-refractivity contribution in [2.24, 2.45) is 5.92 Å². The fourth-order valence-corrected chi connectivity index (χ4v) is 4.04. The van der Waals surface area contributed by atoms with Gasteiger partial charge in [-0.2, -0.15) is 0 Å². The van der Waals surface area contributed by atoms with Gasteiger partial charge < -0.3 is 19.9 Å². The molecule has 1 aliphatic carbocycles. The molecule has 2 heterocycles. The van der Waals surface area contributed by atoms with Crippen LogP contribution in [0.4, 0.5) is 4.79 Å². The Bertz CT molecular complexity index is 423. The summed E-state index contributed by atoms with van der Waals surface area (Å²) >= 11 is 0. The van der Waals surface area contributed by atoms with Gasteiger partial charge in [-0.15, -0.1) is 0 Å². The number of piperidine rings is 1. The van der Waals surface area contributed by atoms with E-state index in [4.69, 9.17) is 4.74 Å². The molecule has 2 saturated heterocycles. The lowest BCUT2D eigenvalue weighted by Crippen LogP contribution is -2.48. The van der Waals surface area contributed by atoms with Gasteiger partial charge in [-0.3, -0.25) is 4.79 Å². The normalized spacial score (nSPS) is 24.0. The zero-order valence-corrected chi connectivity index (χ0v) is 14.7. The lowest BCUT2D eigenvalue weighted by Gasteiger charge is -2.35. The molecule has 1 N–H and O–H groups in total. The molecule has 0 atom stereocenters. The Morgan fingerprint density at radius 2 is 1.54 bits per heavy atom. The number of carbonyl (C=O) groups excluding carboxylic acids is 2. The summed E-state index contributed by atoms with van der Waals surface area (Å²) in [5.74, 6) is 0.669. The molecule has 1 saturated carbocycles. The van der Waals surface area contributed by atoms with E-state index in [9.17, 15) is 9.59 Å². The summed E-state index contributed by atoms with van der Waals surface area (Å²) in [5.41, 5.74) is 0. The van der Waals surface area contributed by atoms with Crippen LogP contribution in [0.5, 0.6) is 0 Å². The van der Waals surface area contributed by atoms with Gasteiger partial charge in [-0.05, 0) is 31.6 Å². The molecule has 3 rings (SSSR count). The molecule has 24 heavy (non-hydrogen) atoms. The summed E-state index contributed by atoms with van der Waals surface area (Å²) < 4.78 is 5.30. The molecule has 6 heteroatoms. The first-order valence-electron chi connectivity index (χ1n) is 9.63. The van der Waals surface area contributed by atoms with Crippen molar-refractivity contribution in [3.63, 3.8) is 0 Å². The number of likely N-dealkylation sites (tertiary alicyclic amines) is 1. The van der Waals surface area contributed by atoms with Crippen molar-refractivity contribution in [1.29, 1.82) is 0 Å². The summed E-state index contributed by atoms with van der Waals surface area (Å²) in [5, 5.41) is 3.19. The van der Waals surface area contributed by atoms with E-state index in [-0.39, 0.29) is 11.9 Å². The van der Waals surface area contributed by atoms with Gasteiger partial charge in [-0.25, -0.2) is 4.79 Å². The number of hydrogen-bond acceptors (Lipinski definition) is 3. The number of rotatable bonds is 3. The molecule has 3 amide bonds. The topological polar surface area (TPSA) is 61.9 Å². The number of nitrogens with one attached hydrogen (secondary N) is 1. The maximum atomic E-state index is 12.4. The predicted octanol–water partition coefficient (Wildman–Crippen LogP) is 1.99. The van der Waals surface area contributed by atoms with Gasteiger partial charge >= 0.3 is 6.03 Å². The molecule has 136 valence electrons. The van der Waals surface area contributed by atoms with E-state index < -0.39 is 0 Å². The van der Waals surface area contributed by atoms with E-state index in [0.717, 1.165) is 51.9 Å². The Balaban J connectivity index is 1.37. The zero-order valence-electron chi connectivity index (χ0n) is 14.7. The highest BCUT2D eigenvalue weighted by atomic mass is 16.5. The fourth-order valence-electron chi connectivity index (χ4n) is 4.04. The fraction of sp³-hybridized carbons (Fsp3) is 0.889. The number of nitrogens with zero attached hydrogens (tertiary/aromatic N) is 2. The molecule has 0 unspecified atom stereocenters. The van der Waals surface area contributed by atoms with Crippen molar-refractivity contribution < 1.29 is 14.3 Å². The molecular weight excluding hydrogens is 306 g/mol. The number of amides is 3. The zero-order chi connectivity index (χ0) is 16.8. The Hall–Kier alpha value is -1.30.